The van der Waals surface area contributed by atoms with Gasteiger partial charge in [0.15, 0.2) is 0 Å². The molecule has 1 aromatic rings. The standard InChI is InChI=1S/C18H30N4O3S/c1-14-7-3-4-8-16(14)20-18(23)13-22(26(2,24)25)12-15-11-21-10-6-5-9-17(21)19-15/h11,14,16H,3-10,12-13H2,1-2H3,(H,20,23). The number of rotatable bonds is 6. The minimum atomic E-state index is -3.49. The molecule has 2 aliphatic rings. The van der Waals surface area contributed by atoms with Crippen molar-refractivity contribution in [3.05, 3.63) is 17.7 Å². The smallest absolute Gasteiger partial charge is 0.235 e. The number of aromatic nitrogens is 2. The Bertz CT molecular complexity index is 720. The lowest BCUT2D eigenvalue weighted by molar-refractivity contribution is -0.122. The zero-order valence-corrected chi connectivity index (χ0v) is 16.6. The van der Waals surface area contributed by atoms with Crippen molar-refractivity contribution < 1.29 is 13.2 Å². The number of carbonyl (C=O) groups is 1. The Morgan fingerprint density at radius 1 is 1.31 bits per heavy atom. The van der Waals surface area contributed by atoms with Gasteiger partial charge in [-0.3, -0.25) is 4.79 Å². The quantitative estimate of drug-likeness (QED) is 0.811. The fraction of sp³-hybridized carbons (Fsp3) is 0.778. The van der Waals surface area contributed by atoms with Crippen molar-refractivity contribution in [3.8, 4) is 0 Å². The van der Waals surface area contributed by atoms with Gasteiger partial charge in [-0.05, 0) is 31.6 Å². The molecule has 7 nitrogen and oxygen atoms in total. The van der Waals surface area contributed by atoms with E-state index < -0.39 is 10.0 Å². The molecule has 0 bridgehead atoms. The predicted molar refractivity (Wildman–Crippen MR) is 100.0 cm³/mol. The normalized spacial score (nSPS) is 23.7. The highest BCUT2D eigenvalue weighted by Crippen LogP contribution is 2.23. The van der Waals surface area contributed by atoms with Crippen molar-refractivity contribution in [3.63, 3.8) is 0 Å². The largest absolute Gasteiger partial charge is 0.352 e. The van der Waals surface area contributed by atoms with Gasteiger partial charge in [-0.25, -0.2) is 13.4 Å². The number of amides is 1. The highest BCUT2D eigenvalue weighted by atomic mass is 32.2. The molecule has 8 heteroatoms. The Kier molecular flexibility index (Phi) is 6.02. The van der Waals surface area contributed by atoms with Gasteiger partial charge in [-0.15, -0.1) is 0 Å². The summed E-state index contributed by atoms with van der Waals surface area (Å²) in [5, 5.41) is 3.04. The van der Waals surface area contributed by atoms with E-state index in [9.17, 15) is 13.2 Å². The molecule has 0 aromatic carbocycles. The fourth-order valence-electron chi connectivity index (χ4n) is 3.96. The minimum Gasteiger partial charge on any atom is -0.352 e. The van der Waals surface area contributed by atoms with Crippen molar-refractivity contribution in [2.45, 2.75) is 71.0 Å². The SMILES string of the molecule is CC1CCCCC1NC(=O)CN(Cc1cn2c(n1)CCCC2)S(C)(=O)=O. The van der Waals surface area contributed by atoms with E-state index in [1.807, 2.05) is 6.20 Å². The molecule has 0 saturated heterocycles. The third-order valence-electron chi connectivity index (χ3n) is 5.54. The van der Waals surface area contributed by atoms with E-state index >= 15 is 0 Å². The average Bonchev–Trinajstić information content (AvgIpc) is 2.98. The first-order valence-corrected chi connectivity index (χ1v) is 11.5. The summed E-state index contributed by atoms with van der Waals surface area (Å²) >= 11 is 0. The van der Waals surface area contributed by atoms with Crippen LogP contribution in [-0.2, 0) is 34.3 Å². The summed E-state index contributed by atoms with van der Waals surface area (Å²) in [5.41, 5.74) is 0.714. The molecule has 1 aliphatic carbocycles. The molecule has 1 aromatic heterocycles. The van der Waals surface area contributed by atoms with Crippen LogP contribution in [0.2, 0.25) is 0 Å². The van der Waals surface area contributed by atoms with Crippen LogP contribution in [0, 0.1) is 5.92 Å². The van der Waals surface area contributed by atoms with Crippen LogP contribution in [0.25, 0.3) is 0 Å². The van der Waals surface area contributed by atoms with Gasteiger partial charge in [0.2, 0.25) is 15.9 Å². The van der Waals surface area contributed by atoms with Crippen LogP contribution in [0.3, 0.4) is 0 Å². The lowest BCUT2D eigenvalue weighted by Crippen LogP contribution is -2.46. The first-order chi connectivity index (χ1) is 12.3. The zero-order chi connectivity index (χ0) is 18.7. The summed E-state index contributed by atoms with van der Waals surface area (Å²) in [4.78, 5) is 17.0. The van der Waals surface area contributed by atoms with Gasteiger partial charge in [-0.1, -0.05) is 19.8 Å². The number of nitrogens with one attached hydrogen (secondary N) is 1. The molecule has 1 amide bonds. The monoisotopic (exact) mass is 382 g/mol. The molecule has 146 valence electrons. The maximum atomic E-state index is 12.5. The average molecular weight is 383 g/mol. The maximum Gasteiger partial charge on any atom is 0.235 e. The van der Waals surface area contributed by atoms with Gasteiger partial charge in [0.25, 0.3) is 0 Å². The van der Waals surface area contributed by atoms with E-state index in [4.69, 9.17) is 0 Å². The van der Waals surface area contributed by atoms with Gasteiger partial charge in [0.1, 0.15) is 5.82 Å². The topological polar surface area (TPSA) is 84.3 Å². The molecule has 1 N–H and O–H groups in total. The van der Waals surface area contributed by atoms with Crippen LogP contribution in [0.5, 0.6) is 0 Å². The number of hydrogen-bond donors (Lipinski definition) is 1. The van der Waals surface area contributed by atoms with Crippen LogP contribution in [0.1, 0.15) is 57.0 Å². The van der Waals surface area contributed by atoms with Crippen molar-refractivity contribution in [1.82, 2.24) is 19.2 Å². The second-order valence-corrected chi connectivity index (χ2v) is 9.75. The number of imidazole rings is 1. The Morgan fingerprint density at radius 3 is 2.77 bits per heavy atom. The molecule has 1 aliphatic heterocycles. The molecule has 2 unspecified atom stereocenters. The summed E-state index contributed by atoms with van der Waals surface area (Å²) < 4.78 is 27.7. The van der Waals surface area contributed by atoms with Crippen LogP contribution in [0.15, 0.2) is 6.20 Å². The van der Waals surface area contributed by atoms with Gasteiger partial charge in [-0.2, -0.15) is 4.31 Å². The Balaban J connectivity index is 1.64. The number of nitrogens with zero attached hydrogens (tertiary/aromatic N) is 3. The Hall–Kier alpha value is -1.41. The van der Waals surface area contributed by atoms with Crippen LogP contribution < -0.4 is 5.32 Å². The Labute approximate surface area is 156 Å². The van der Waals surface area contributed by atoms with Crippen LogP contribution in [-0.4, -0.2) is 47.0 Å². The molecule has 1 saturated carbocycles. The lowest BCUT2D eigenvalue weighted by atomic mass is 9.86. The summed E-state index contributed by atoms with van der Waals surface area (Å²) in [6, 6.07) is 0.151. The van der Waals surface area contributed by atoms with Crippen molar-refractivity contribution in [2.75, 3.05) is 12.8 Å². The lowest BCUT2D eigenvalue weighted by Gasteiger charge is -2.30. The maximum absolute atomic E-state index is 12.5. The minimum absolute atomic E-state index is 0.145. The summed E-state index contributed by atoms with van der Waals surface area (Å²) in [7, 11) is -3.49. The highest BCUT2D eigenvalue weighted by Gasteiger charge is 2.26. The van der Waals surface area contributed by atoms with E-state index in [1.165, 1.54) is 10.7 Å². The first kappa shape index (κ1) is 19.4. The third-order valence-corrected chi connectivity index (χ3v) is 6.74. The molecule has 26 heavy (non-hydrogen) atoms. The fourth-order valence-corrected chi connectivity index (χ4v) is 4.68. The van der Waals surface area contributed by atoms with Crippen LogP contribution in [0.4, 0.5) is 0 Å². The first-order valence-electron chi connectivity index (χ1n) is 9.62. The van der Waals surface area contributed by atoms with Gasteiger partial charge < -0.3 is 9.88 Å². The molecule has 1 fully saturated rings. The second kappa shape index (κ2) is 8.08. The molecule has 0 radical (unpaired) electrons. The molecule has 3 rings (SSSR count). The van der Waals surface area contributed by atoms with E-state index in [0.29, 0.717) is 11.6 Å². The molecule has 2 heterocycles. The van der Waals surface area contributed by atoms with E-state index in [1.54, 1.807) is 0 Å². The van der Waals surface area contributed by atoms with Crippen molar-refractivity contribution in [1.29, 1.82) is 0 Å². The van der Waals surface area contributed by atoms with E-state index in [0.717, 1.165) is 57.1 Å². The summed E-state index contributed by atoms with van der Waals surface area (Å²) in [6.45, 7) is 3.08. The van der Waals surface area contributed by atoms with Gasteiger partial charge >= 0.3 is 0 Å². The van der Waals surface area contributed by atoms with E-state index in [-0.39, 0.29) is 25.0 Å². The Morgan fingerprint density at radius 2 is 2.08 bits per heavy atom. The number of hydrogen-bond acceptors (Lipinski definition) is 4. The number of aryl methyl sites for hydroxylation is 2. The van der Waals surface area contributed by atoms with Crippen molar-refractivity contribution in [2.24, 2.45) is 5.92 Å². The summed E-state index contributed by atoms with van der Waals surface area (Å²) in [6.07, 6.45) is 10.7. The number of sulfonamides is 1. The summed E-state index contributed by atoms with van der Waals surface area (Å²) in [5.74, 6) is 1.23. The third kappa shape index (κ3) is 4.85. The molecule has 0 spiro atoms. The number of carbonyl (C=O) groups excluding carboxylic acids is 1. The van der Waals surface area contributed by atoms with Gasteiger partial charge in [0.05, 0.1) is 25.0 Å². The van der Waals surface area contributed by atoms with Crippen molar-refractivity contribution >= 4 is 15.9 Å². The molecular weight excluding hydrogens is 352 g/mol. The van der Waals surface area contributed by atoms with Crippen LogP contribution >= 0.6 is 0 Å². The molecular formula is C18H30N4O3S. The van der Waals surface area contributed by atoms with Gasteiger partial charge in [0, 0.05) is 25.2 Å². The predicted octanol–water partition coefficient (Wildman–Crippen LogP) is 1.68. The zero-order valence-electron chi connectivity index (χ0n) is 15.8. The number of fused-ring (bicyclic) bond motifs is 1. The van der Waals surface area contributed by atoms with E-state index in [2.05, 4.69) is 21.8 Å². The highest BCUT2D eigenvalue weighted by molar-refractivity contribution is 7.88. The second-order valence-electron chi connectivity index (χ2n) is 7.77. The molecule has 2 atom stereocenters.